The smallest absolute Gasteiger partial charge is 0.275 e. The Hall–Kier alpha value is -1.69. The maximum absolute atomic E-state index is 11.3. The van der Waals surface area contributed by atoms with Crippen LogP contribution in [0, 0.1) is 0 Å². The highest BCUT2D eigenvalue weighted by atomic mass is 32.1. The zero-order valence-corrected chi connectivity index (χ0v) is 11.4. The van der Waals surface area contributed by atoms with Crippen molar-refractivity contribution in [3.8, 4) is 0 Å². The van der Waals surface area contributed by atoms with Gasteiger partial charge in [-0.1, -0.05) is 30.3 Å². The molecule has 1 heterocycles. The van der Waals surface area contributed by atoms with E-state index in [9.17, 15) is 4.79 Å². The molecule has 1 amide bonds. The number of nitrogens with one attached hydrogen (secondary N) is 1. The third kappa shape index (κ3) is 3.64. The number of carbonyl (C=O) groups excluding carboxylic acids is 1. The molecule has 5 heteroatoms. The summed E-state index contributed by atoms with van der Waals surface area (Å²) >= 11 is 1.39. The highest BCUT2D eigenvalue weighted by molar-refractivity contribution is 7.14. The van der Waals surface area contributed by atoms with Crippen LogP contribution in [0.2, 0.25) is 0 Å². The van der Waals surface area contributed by atoms with Gasteiger partial charge in [0, 0.05) is 4.88 Å². The van der Waals surface area contributed by atoms with Gasteiger partial charge in [0.05, 0.1) is 17.6 Å². The van der Waals surface area contributed by atoms with Crippen LogP contribution < -0.4 is 11.3 Å². The molecule has 1 atom stereocenters. The summed E-state index contributed by atoms with van der Waals surface area (Å²) in [7, 11) is 0. The molecule has 0 radical (unpaired) electrons. The van der Waals surface area contributed by atoms with Crippen LogP contribution in [-0.2, 0) is 11.3 Å². The molecule has 4 nitrogen and oxygen atoms in total. The molecule has 0 saturated heterocycles. The van der Waals surface area contributed by atoms with Crippen LogP contribution in [0.25, 0.3) is 0 Å². The molecule has 0 fully saturated rings. The molecule has 1 aromatic carbocycles. The van der Waals surface area contributed by atoms with Crippen LogP contribution >= 0.6 is 11.3 Å². The van der Waals surface area contributed by atoms with E-state index >= 15 is 0 Å². The first-order chi connectivity index (χ1) is 9.20. The fraction of sp³-hybridized carbons (Fsp3) is 0.214. The van der Waals surface area contributed by atoms with E-state index in [0.717, 1.165) is 10.4 Å². The Morgan fingerprint density at radius 3 is 2.74 bits per heavy atom. The van der Waals surface area contributed by atoms with Crippen molar-refractivity contribution in [1.82, 2.24) is 5.43 Å². The Labute approximate surface area is 116 Å². The largest absolute Gasteiger partial charge is 0.368 e. The summed E-state index contributed by atoms with van der Waals surface area (Å²) in [5.41, 5.74) is 3.25. The fourth-order valence-electron chi connectivity index (χ4n) is 1.68. The molecule has 1 aromatic heterocycles. The summed E-state index contributed by atoms with van der Waals surface area (Å²) in [6, 6.07) is 13.7. The maximum Gasteiger partial charge on any atom is 0.275 e. The van der Waals surface area contributed by atoms with E-state index in [1.807, 2.05) is 43.3 Å². The molecule has 0 bridgehead atoms. The molecule has 1 unspecified atom stereocenters. The Balaban J connectivity index is 1.92. The SMILES string of the molecule is CC(OCc1ccc(C(=O)NN)s1)c1ccccc1. The predicted octanol–water partition coefficient (Wildman–Crippen LogP) is 2.63. The number of carbonyl (C=O) groups is 1. The van der Waals surface area contributed by atoms with Gasteiger partial charge in [0.1, 0.15) is 0 Å². The van der Waals surface area contributed by atoms with Gasteiger partial charge in [-0.3, -0.25) is 10.2 Å². The highest BCUT2D eigenvalue weighted by Gasteiger charge is 2.09. The van der Waals surface area contributed by atoms with Crippen molar-refractivity contribution in [2.75, 3.05) is 0 Å². The quantitative estimate of drug-likeness (QED) is 0.501. The Bertz CT molecular complexity index is 539. The molecular formula is C14H16N2O2S. The summed E-state index contributed by atoms with van der Waals surface area (Å²) in [6.45, 7) is 2.50. The van der Waals surface area contributed by atoms with Crippen molar-refractivity contribution in [2.24, 2.45) is 5.84 Å². The van der Waals surface area contributed by atoms with Crippen LogP contribution in [0.5, 0.6) is 0 Å². The molecule has 3 N–H and O–H groups in total. The molecule has 2 rings (SSSR count). The number of thiophene rings is 1. The second-order valence-electron chi connectivity index (χ2n) is 4.10. The van der Waals surface area contributed by atoms with E-state index in [4.69, 9.17) is 10.6 Å². The topological polar surface area (TPSA) is 64.3 Å². The fourth-order valence-corrected chi connectivity index (χ4v) is 2.51. The first kappa shape index (κ1) is 13.7. The number of hydrogen-bond donors (Lipinski definition) is 2. The Morgan fingerprint density at radius 2 is 2.05 bits per heavy atom. The predicted molar refractivity (Wildman–Crippen MR) is 75.6 cm³/mol. The standard InChI is InChI=1S/C14H16N2O2S/c1-10(11-5-3-2-4-6-11)18-9-12-7-8-13(19-12)14(17)16-15/h2-8,10H,9,15H2,1H3,(H,16,17). The van der Waals surface area contributed by atoms with Crippen molar-refractivity contribution in [3.05, 3.63) is 57.8 Å². The van der Waals surface area contributed by atoms with Crippen molar-refractivity contribution in [1.29, 1.82) is 0 Å². The lowest BCUT2D eigenvalue weighted by molar-refractivity contribution is 0.0542. The van der Waals surface area contributed by atoms with E-state index in [-0.39, 0.29) is 12.0 Å². The van der Waals surface area contributed by atoms with Gasteiger partial charge >= 0.3 is 0 Å². The van der Waals surface area contributed by atoms with Gasteiger partial charge in [-0.15, -0.1) is 11.3 Å². The average molecular weight is 276 g/mol. The molecule has 0 aliphatic rings. The second-order valence-corrected chi connectivity index (χ2v) is 5.27. The Morgan fingerprint density at radius 1 is 1.32 bits per heavy atom. The number of hydrazine groups is 1. The van der Waals surface area contributed by atoms with E-state index in [2.05, 4.69) is 5.43 Å². The van der Waals surface area contributed by atoms with Gasteiger partial charge < -0.3 is 4.74 Å². The zero-order valence-electron chi connectivity index (χ0n) is 10.6. The average Bonchev–Trinajstić information content (AvgIpc) is 2.93. The van der Waals surface area contributed by atoms with Crippen LogP contribution in [0.4, 0.5) is 0 Å². The van der Waals surface area contributed by atoms with Crippen molar-refractivity contribution >= 4 is 17.2 Å². The minimum Gasteiger partial charge on any atom is -0.368 e. The third-order valence-electron chi connectivity index (χ3n) is 2.76. The second kappa shape index (κ2) is 6.47. The van der Waals surface area contributed by atoms with E-state index in [0.29, 0.717) is 11.5 Å². The summed E-state index contributed by atoms with van der Waals surface area (Å²) in [6.07, 6.45) is 0.0232. The van der Waals surface area contributed by atoms with Crippen LogP contribution in [0.15, 0.2) is 42.5 Å². The summed E-state index contributed by atoms with van der Waals surface area (Å²) in [4.78, 5) is 12.9. The molecular weight excluding hydrogens is 260 g/mol. The summed E-state index contributed by atoms with van der Waals surface area (Å²) in [5.74, 6) is 4.82. The van der Waals surface area contributed by atoms with Gasteiger partial charge in [-0.25, -0.2) is 5.84 Å². The maximum atomic E-state index is 11.3. The lowest BCUT2D eigenvalue weighted by Gasteiger charge is -2.12. The Kier molecular flexibility index (Phi) is 4.68. The number of nitrogen functional groups attached to an aromatic ring is 1. The van der Waals surface area contributed by atoms with Gasteiger partial charge in [-0.2, -0.15) is 0 Å². The van der Waals surface area contributed by atoms with Gasteiger partial charge in [-0.05, 0) is 24.6 Å². The molecule has 0 aliphatic carbocycles. The summed E-state index contributed by atoms with van der Waals surface area (Å²) < 4.78 is 5.79. The minimum absolute atomic E-state index is 0.0232. The third-order valence-corrected chi connectivity index (χ3v) is 3.82. The molecule has 0 spiro atoms. The number of nitrogens with two attached hydrogens (primary N) is 1. The van der Waals surface area contributed by atoms with E-state index in [1.165, 1.54) is 11.3 Å². The lowest BCUT2D eigenvalue weighted by atomic mass is 10.1. The molecule has 2 aromatic rings. The van der Waals surface area contributed by atoms with Gasteiger partial charge in [0.15, 0.2) is 0 Å². The number of ether oxygens (including phenoxy) is 1. The normalized spacial score (nSPS) is 12.1. The summed E-state index contributed by atoms with van der Waals surface area (Å²) in [5, 5.41) is 0. The number of hydrogen-bond acceptors (Lipinski definition) is 4. The molecule has 19 heavy (non-hydrogen) atoms. The zero-order chi connectivity index (χ0) is 13.7. The van der Waals surface area contributed by atoms with Gasteiger partial charge in [0.25, 0.3) is 5.91 Å². The van der Waals surface area contributed by atoms with Crippen molar-refractivity contribution < 1.29 is 9.53 Å². The monoisotopic (exact) mass is 276 g/mol. The van der Waals surface area contributed by atoms with Crippen LogP contribution in [0.3, 0.4) is 0 Å². The highest BCUT2D eigenvalue weighted by Crippen LogP contribution is 2.22. The van der Waals surface area contributed by atoms with Crippen molar-refractivity contribution in [2.45, 2.75) is 19.6 Å². The number of amides is 1. The van der Waals surface area contributed by atoms with Gasteiger partial charge in [0.2, 0.25) is 0 Å². The van der Waals surface area contributed by atoms with Crippen molar-refractivity contribution in [3.63, 3.8) is 0 Å². The van der Waals surface area contributed by atoms with Crippen LogP contribution in [-0.4, -0.2) is 5.91 Å². The first-order valence-corrected chi connectivity index (χ1v) is 6.78. The first-order valence-electron chi connectivity index (χ1n) is 5.97. The van der Waals surface area contributed by atoms with E-state index in [1.54, 1.807) is 6.07 Å². The van der Waals surface area contributed by atoms with Crippen LogP contribution in [0.1, 0.15) is 33.1 Å². The molecule has 0 aliphatic heterocycles. The number of benzene rings is 1. The number of rotatable bonds is 5. The molecule has 0 saturated carbocycles. The minimum atomic E-state index is -0.271. The lowest BCUT2D eigenvalue weighted by Crippen LogP contribution is -2.29. The molecule has 100 valence electrons. The van der Waals surface area contributed by atoms with E-state index < -0.39 is 0 Å².